The third kappa shape index (κ3) is 3.92. The monoisotopic (exact) mass is 351 g/mol. The fourth-order valence-corrected chi connectivity index (χ4v) is 2.52. The third-order valence-corrected chi connectivity index (χ3v) is 3.97. The first-order valence-electron chi connectivity index (χ1n) is 7.89. The molecular formula is C16H22ClN5O2. The Balaban J connectivity index is 2.29. The van der Waals surface area contributed by atoms with Gasteiger partial charge in [-0.05, 0) is 43.7 Å². The molecule has 2 rings (SSSR count). The lowest BCUT2D eigenvalue weighted by Crippen LogP contribution is -2.54. The molecule has 0 aromatic heterocycles. The fourth-order valence-electron chi connectivity index (χ4n) is 2.36. The number of hydrogen-bond acceptors (Lipinski definition) is 7. The number of nitrogens with zero attached hydrogens (tertiary/aromatic N) is 4. The summed E-state index contributed by atoms with van der Waals surface area (Å²) in [6, 6.07) is 6.90. The summed E-state index contributed by atoms with van der Waals surface area (Å²) in [5, 5.41) is 1.51. The highest BCUT2D eigenvalue weighted by Gasteiger charge is 2.27. The molecule has 24 heavy (non-hydrogen) atoms. The number of rotatable bonds is 6. The molecule has 0 radical (unpaired) electrons. The Morgan fingerprint density at radius 1 is 1.29 bits per heavy atom. The summed E-state index contributed by atoms with van der Waals surface area (Å²) in [6.45, 7) is 7.71. The van der Waals surface area contributed by atoms with Gasteiger partial charge in [-0.3, -0.25) is 4.90 Å². The number of carbonyl (C=O) groups is 1. The van der Waals surface area contributed by atoms with E-state index in [0.717, 1.165) is 18.7 Å². The van der Waals surface area contributed by atoms with Crippen LogP contribution in [0.15, 0.2) is 34.3 Å². The van der Waals surface area contributed by atoms with Crippen LogP contribution in [0.1, 0.15) is 36.7 Å². The summed E-state index contributed by atoms with van der Waals surface area (Å²) in [5.41, 5.74) is 1.24. The molecule has 0 fully saturated rings. The quantitative estimate of drug-likeness (QED) is 0.481. The number of nitrogens with two attached hydrogens (primary N) is 1. The number of benzene rings is 1. The van der Waals surface area contributed by atoms with Gasteiger partial charge >= 0.3 is 5.97 Å². The first-order valence-corrected chi connectivity index (χ1v) is 8.27. The smallest absolute Gasteiger partial charge is 0.338 e. The Morgan fingerprint density at radius 2 is 1.92 bits per heavy atom. The SMILES string of the molecule is CCOC(=O)c1ccc(C2=NC(N(CC)CC)N(N)C(Cl)=N2)cc1. The van der Waals surface area contributed by atoms with Crippen molar-refractivity contribution in [2.24, 2.45) is 15.8 Å². The maximum atomic E-state index is 11.7. The Labute approximate surface area is 146 Å². The molecule has 1 heterocycles. The number of amidine groups is 2. The van der Waals surface area contributed by atoms with E-state index in [4.69, 9.17) is 22.2 Å². The van der Waals surface area contributed by atoms with Gasteiger partial charge in [-0.1, -0.05) is 26.0 Å². The molecule has 0 aliphatic carbocycles. The van der Waals surface area contributed by atoms with E-state index >= 15 is 0 Å². The molecule has 1 aromatic rings. The van der Waals surface area contributed by atoms with Gasteiger partial charge in [-0.25, -0.2) is 20.6 Å². The molecule has 0 spiro atoms. The second kappa shape index (κ2) is 8.23. The van der Waals surface area contributed by atoms with Gasteiger partial charge in [0.25, 0.3) is 0 Å². The summed E-state index contributed by atoms with van der Waals surface area (Å²) in [4.78, 5) is 22.6. The molecule has 1 aliphatic heterocycles. The molecular weight excluding hydrogens is 330 g/mol. The van der Waals surface area contributed by atoms with Crippen LogP contribution in [0, 0.1) is 0 Å². The standard InChI is InChI=1S/C16H22ClN5O2/c1-4-21(5-2)16-20-13(19-15(17)22(16)18)11-7-9-12(10-8-11)14(23)24-6-3/h7-10,16H,4-6,18H2,1-3H3. The zero-order valence-corrected chi connectivity index (χ0v) is 14.8. The molecule has 8 heteroatoms. The van der Waals surface area contributed by atoms with Crippen molar-refractivity contribution in [2.45, 2.75) is 27.1 Å². The maximum absolute atomic E-state index is 11.7. The molecule has 0 amide bonds. The van der Waals surface area contributed by atoms with Gasteiger partial charge in [0.2, 0.25) is 5.29 Å². The number of hydrazine groups is 1. The topological polar surface area (TPSA) is 83.5 Å². The van der Waals surface area contributed by atoms with Crippen molar-refractivity contribution in [2.75, 3.05) is 19.7 Å². The first-order chi connectivity index (χ1) is 11.5. The summed E-state index contributed by atoms with van der Waals surface area (Å²) in [5.74, 6) is 6.10. The van der Waals surface area contributed by atoms with Crippen LogP contribution in [-0.4, -0.2) is 53.0 Å². The largest absolute Gasteiger partial charge is 0.462 e. The minimum absolute atomic E-state index is 0.173. The van der Waals surface area contributed by atoms with Crippen LogP contribution < -0.4 is 5.84 Å². The van der Waals surface area contributed by atoms with Crippen LogP contribution in [0.2, 0.25) is 0 Å². The van der Waals surface area contributed by atoms with Crippen LogP contribution in [-0.2, 0) is 4.74 Å². The van der Waals surface area contributed by atoms with Crippen molar-refractivity contribution in [3.05, 3.63) is 35.4 Å². The van der Waals surface area contributed by atoms with E-state index in [2.05, 4.69) is 14.9 Å². The van der Waals surface area contributed by atoms with E-state index in [1.54, 1.807) is 31.2 Å². The molecule has 7 nitrogen and oxygen atoms in total. The van der Waals surface area contributed by atoms with Gasteiger partial charge in [0.1, 0.15) is 0 Å². The van der Waals surface area contributed by atoms with E-state index in [1.807, 2.05) is 13.8 Å². The highest BCUT2D eigenvalue weighted by Crippen LogP contribution is 2.17. The second-order valence-electron chi connectivity index (χ2n) is 5.11. The minimum Gasteiger partial charge on any atom is -0.462 e. The summed E-state index contributed by atoms with van der Waals surface area (Å²) in [6.07, 6.45) is -0.412. The number of ether oxygens (including phenoxy) is 1. The Morgan fingerprint density at radius 3 is 2.46 bits per heavy atom. The molecule has 1 aromatic carbocycles. The van der Waals surface area contributed by atoms with Gasteiger partial charge in [-0.2, -0.15) is 4.99 Å². The zero-order chi connectivity index (χ0) is 17.7. The van der Waals surface area contributed by atoms with E-state index in [0.29, 0.717) is 18.0 Å². The molecule has 0 bridgehead atoms. The van der Waals surface area contributed by atoms with E-state index in [-0.39, 0.29) is 11.3 Å². The third-order valence-electron chi connectivity index (χ3n) is 3.69. The van der Waals surface area contributed by atoms with Crippen LogP contribution in [0.4, 0.5) is 0 Å². The van der Waals surface area contributed by atoms with Crippen LogP contribution in [0.25, 0.3) is 0 Å². The predicted molar refractivity (Wildman–Crippen MR) is 95.0 cm³/mol. The molecule has 0 saturated heterocycles. The van der Waals surface area contributed by atoms with E-state index in [9.17, 15) is 4.79 Å². The summed E-state index contributed by atoms with van der Waals surface area (Å²) < 4.78 is 4.97. The Hall–Kier alpha value is -1.96. The highest BCUT2D eigenvalue weighted by atomic mass is 35.5. The minimum atomic E-state index is -0.412. The summed E-state index contributed by atoms with van der Waals surface area (Å²) in [7, 11) is 0. The second-order valence-corrected chi connectivity index (χ2v) is 5.44. The van der Waals surface area contributed by atoms with Gasteiger partial charge in [0, 0.05) is 5.56 Å². The lowest BCUT2D eigenvalue weighted by molar-refractivity contribution is 0.0526. The molecule has 1 aliphatic rings. The Bertz CT molecular complexity index is 640. The first kappa shape index (κ1) is 18.4. The van der Waals surface area contributed by atoms with Crippen molar-refractivity contribution in [3.8, 4) is 0 Å². The Kier molecular flexibility index (Phi) is 6.30. The fraction of sp³-hybridized carbons (Fsp3) is 0.438. The molecule has 1 atom stereocenters. The molecule has 2 N–H and O–H groups in total. The molecule has 1 unspecified atom stereocenters. The van der Waals surface area contributed by atoms with Crippen molar-refractivity contribution >= 4 is 28.7 Å². The van der Waals surface area contributed by atoms with Crippen LogP contribution >= 0.6 is 11.6 Å². The number of carbonyl (C=O) groups excluding carboxylic acids is 1. The zero-order valence-electron chi connectivity index (χ0n) is 14.1. The van der Waals surface area contributed by atoms with Crippen LogP contribution in [0.3, 0.4) is 0 Å². The maximum Gasteiger partial charge on any atom is 0.338 e. The highest BCUT2D eigenvalue weighted by molar-refractivity contribution is 6.65. The van der Waals surface area contributed by atoms with Crippen molar-refractivity contribution in [1.82, 2.24) is 9.91 Å². The lowest BCUT2D eigenvalue weighted by atomic mass is 10.1. The lowest BCUT2D eigenvalue weighted by Gasteiger charge is -2.35. The number of esters is 1. The molecule has 130 valence electrons. The van der Waals surface area contributed by atoms with Crippen molar-refractivity contribution in [3.63, 3.8) is 0 Å². The molecule has 0 saturated carbocycles. The predicted octanol–water partition coefficient (Wildman–Crippen LogP) is 2.02. The van der Waals surface area contributed by atoms with Crippen LogP contribution in [0.5, 0.6) is 0 Å². The summed E-state index contributed by atoms with van der Waals surface area (Å²) >= 11 is 6.16. The van der Waals surface area contributed by atoms with Crippen molar-refractivity contribution in [1.29, 1.82) is 0 Å². The number of hydrogen-bond donors (Lipinski definition) is 1. The van der Waals surface area contributed by atoms with Crippen molar-refractivity contribution < 1.29 is 9.53 Å². The van der Waals surface area contributed by atoms with Gasteiger partial charge in [0.05, 0.1) is 12.2 Å². The van der Waals surface area contributed by atoms with E-state index in [1.165, 1.54) is 5.01 Å². The van der Waals surface area contributed by atoms with Gasteiger partial charge in [-0.15, -0.1) is 0 Å². The average Bonchev–Trinajstić information content (AvgIpc) is 2.59. The number of aliphatic imine (C=N–C) groups is 2. The van der Waals surface area contributed by atoms with E-state index < -0.39 is 6.29 Å². The van der Waals surface area contributed by atoms with Gasteiger partial charge < -0.3 is 4.74 Å². The normalized spacial score (nSPS) is 17.6. The number of halogens is 1. The average molecular weight is 352 g/mol. The van der Waals surface area contributed by atoms with Gasteiger partial charge in [0.15, 0.2) is 12.1 Å².